The van der Waals surface area contributed by atoms with E-state index in [4.69, 9.17) is 0 Å². The minimum atomic E-state index is 0.866. The molecule has 0 aliphatic carbocycles. The fourth-order valence-corrected chi connectivity index (χ4v) is 2.26. The first-order valence-electron chi connectivity index (χ1n) is 7.41. The van der Waals surface area contributed by atoms with E-state index in [1.807, 2.05) is 0 Å². The fourth-order valence-electron chi connectivity index (χ4n) is 2.26. The summed E-state index contributed by atoms with van der Waals surface area (Å²) < 4.78 is 0. The molecule has 0 bridgehead atoms. The van der Waals surface area contributed by atoms with Gasteiger partial charge in [-0.1, -0.05) is 69.9 Å². The second kappa shape index (κ2) is 9.16. The van der Waals surface area contributed by atoms with Crippen LogP contribution in [-0.2, 0) is 6.54 Å². The molecule has 1 heteroatoms. The lowest BCUT2D eigenvalue weighted by molar-refractivity contribution is 0.316. The maximum Gasteiger partial charge on any atom is 0.0230 e. The van der Waals surface area contributed by atoms with E-state index >= 15 is 0 Å². The third-order valence-electron chi connectivity index (χ3n) is 3.37. The number of nitrogens with zero attached hydrogens (tertiary/aromatic N) is 1. The van der Waals surface area contributed by atoms with Crippen molar-refractivity contribution in [3.05, 3.63) is 35.9 Å². The monoisotopic (exact) mass is 247 g/mol. The molecule has 0 aromatic heterocycles. The van der Waals surface area contributed by atoms with Crippen molar-refractivity contribution in [1.29, 1.82) is 0 Å². The lowest BCUT2D eigenvalue weighted by atomic mass is 10.0. The minimum absolute atomic E-state index is 0.866. The Bertz CT molecular complexity index is 292. The van der Waals surface area contributed by atoms with E-state index in [9.17, 15) is 0 Å². The average Bonchev–Trinajstić information content (AvgIpc) is 2.34. The molecule has 0 amide bonds. The Morgan fingerprint density at radius 2 is 1.61 bits per heavy atom. The van der Waals surface area contributed by atoms with Gasteiger partial charge in [0.15, 0.2) is 0 Å². The zero-order chi connectivity index (χ0) is 13.2. The minimum Gasteiger partial charge on any atom is -0.302 e. The summed E-state index contributed by atoms with van der Waals surface area (Å²) >= 11 is 0. The van der Waals surface area contributed by atoms with E-state index in [0.717, 1.165) is 12.5 Å². The summed E-state index contributed by atoms with van der Waals surface area (Å²) in [5, 5.41) is 0. The third-order valence-corrected chi connectivity index (χ3v) is 3.37. The van der Waals surface area contributed by atoms with Gasteiger partial charge in [0.25, 0.3) is 0 Å². The largest absolute Gasteiger partial charge is 0.302 e. The molecule has 1 aromatic carbocycles. The molecule has 102 valence electrons. The lowest BCUT2D eigenvalue weighted by Crippen LogP contribution is -2.18. The fraction of sp³-hybridized carbons (Fsp3) is 0.647. The Balaban J connectivity index is 2.02. The van der Waals surface area contributed by atoms with E-state index in [1.165, 1.54) is 44.2 Å². The van der Waals surface area contributed by atoms with Gasteiger partial charge in [0.05, 0.1) is 0 Å². The van der Waals surface area contributed by atoms with Crippen molar-refractivity contribution in [1.82, 2.24) is 4.90 Å². The van der Waals surface area contributed by atoms with Crippen molar-refractivity contribution in [2.24, 2.45) is 5.92 Å². The van der Waals surface area contributed by atoms with Gasteiger partial charge in [-0.05, 0) is 31.5 Å². The van der Waals surface area contributed by atoms with Crippen LogP contribution < -0.4 is 0 Å². The summed E-state index contributed by atoms with van der Waals surface area (Å²) in [6, 6.07) is 10.7. The second-order valence-corrected chi connectivity index (χ2v) is 5.82. The lowest BCUT2D eigenvalue weighted by Gasteiger charge is -2.16. The smallest absolute Gasteiger partial charge is 0.0230 e. The zero-order valence-corrected chi connectivity index (χ0v) is 12.4. The molecule has 0 fully saturated rings. The number of rotatable bonds is 9. The summed E-state index contributed by atoms with van der Waals surface area (Å²) in [5.41, 5.74) is 1.42. The molecule has 0 saturated heterocycles. The van der Waals surface area contributed by atoms with Crippen LogP contribution >= 0.6 is 0 Å². The highest BCUT2D eigenvalue weighted by Gasteiger charge is 2.00. The molecule has 0 aliphatic heterocycles. The van der Waals surface area contributed by atoms with Gasteiger partial charge in [0.2, 0.25) is 0 Å². The van der Waals surface area contributed by atoms with Crippen LogP contribution in [0.4, 0.5) is 0 Å². The van der Waals surface area contributed by atoms with E-state index in [2.05, 4.69) is 56.1 Å². The van der Waals surface area contributed by atoms with Crippen molar-refractivity contribution in [3.8, 4) is 0 Å². The summed E-state index contributed by atoms with van der Waals surface area (Å²) in [4.78, 5) is 2.43. The normalized spacial score (nSPS) is 11.4. The van der Waals surface area contributed by atoms with Gasteiger partial charge in [-0.25, -0.2) is 0 Å². The van der Waals surface area contributed by atoms with Crippen molar-refractivity contribution in [2.75, 3.05) is 13.6 Å². The molecule has 0 atom stereocenters. The Morgan fingerprint density at radius 3 is 2.28 bits per heavy atom. The van der Waals surface area contributed by atoms with E-state index in [1.54, 1.807) is 0 Å². The highest BCUT2D eigenvalue weighted by molar-refractivity contribution is 5.14. The highest BCUT2D eigenvalue weighted by Crippen LogP contribution is 2.10. The molecule has 0 spiro atoms. The Hall–Kier alpha value is -0.820. The van der Waals surface area contributed by atoms with Crippen LogP contribution in [0.15, 0.2) is 30.3 Å². The first-order chi connectivity index (χ1) is 8.68. The van der Waals surface area contributed by atoms with Crippen LogP contribution in [0.3, 0.4) is 0 Å². The molecule has 0 unspecified atom stereocenters. The molecule has 0 saturated carbocycles. The summed E-state index contributed by atoms with van der Waals surface area (Å²) in [6.07, 6.45) is 6.91. The highest BCUT2D eigenvalue weighted by atomic mass is 15.1. The van der Waals surface area contributed by atoms with Crippen LogP contribution in [0, 0.1) is 5.92 Å². The second-order valence-electron chi connectivity index (χ2n) is 5.82. The summed E-state index contributed by atoms with van der Waals surface area (Å²) in [7, 11) is 2.22. The van der Waals surface area contributed by atoms with Crippen molar-refractivity contribution < 1.29 is 0 Å². The number of benzene rings is 1. The van der Waals surface area contributed by atoms with Gasteiger partial charge in [-0.3, -0.25) is 0 Å². The molecule has 0 aliphatic rings. The van der Waals surface area contributed by atoms with E-state index in [0.29, 0.717) is 0 Å². The molecular weight excluding hydrogens is 218 g/mol. The predicted octanol–water partition coefficient (Wildman–Crippen LogP) is 4.72. The van der Waals surface area contributed by atoms with Gasteiger partial charge in [-0.2, -0.15) is 0 Å². The Labute approximate surface area is 113 Å². The third kappa shape index (κ3) is 7.50. The van der Waals surface area contributed by atoms with Crippen LogP contribution in [0.1, 0.15) is 51.5 Å². The van der Waals surface area contributed by atoms with Crippen LogP contribution in [0.2, 0.25) is 0 Å². The van der Waals surface area contributed by atoms with E-state index in [-0.39, 0.29) is 0 Å². The van der Waals surface area contributed by atoms with Gasteiger partial charge in [0, 0.05) is 6.54 Å². The Morgan fingerprint density at radius 1 is 0.944 bits per heavy atom. The number of hydrogen-bond acceptors (Lipinski definition) is 1. The first-order valence-corrected chi connectivity index (χ1v) is 7.41. The van der Waals surface area contributed by atoms with E-state index < -0.39 is 0 Å². The van der Waals surface area contributed by atoms with Crippen LogP contribution in [0.25, 0.3) is 0 Å². The zero-order valence-electron chi connectivity index (χ0n) is 12.4. The molecule has 1 nitrogen and oxygen atoms in total. The van der Waals surface area contributed by atoms with Crippen LogP contribution in [0.5, 0.6) is 0 Å². The van der Waals surface area contributed by atoms with Crippen LogP contribution in [-0.4, -0.2) is 18.5 Å². The molecule has 0 radical (unpaired) electrons. The maximum absolute atomic E-state index is 2.43. The summed E-state index contributed by atoms with van der Waals surface area (Å²) in [5.74, 6) is 0.866. The van der Waals surface area contributed by atoms with Gasteiger partial charge in [-0.15, -0.1) is 0 Å². The molecular formula is C17H29N. The van der Waals surface area contributed by atoms with Gasteiger partial charge in [0.1, 0.15) is 0 Å². The van der Waals surface area contributed by atoms with Crippen molar-refractivity contribution >= 4 is 0 Å². The number of unbranched alkanes of at least 4 members (excludes halogenated alkanes) is 3. The molecule has 1 rings (SSSR count). The van der Waals surface area contributed by atoms with Crippen molar-refractivity contribution in [3.63, 3.8) is 0 Å². The number of hydrogen-bond donors (Lipinski definition) is 0. The SMILES string of the molecule is CC(C)CCCCCCN(C)Cc1ccccc1. The predicted molar refractivity (Wildman–Crippen MR) is 80.7 cm³/mol. The molecule has 0 N–H and O–H groups in total. The van der Waals surface area contributed by atoms with Gasteiger partial charge >= 0.3 is 0 Å². The van der Waals surface area contributed by atoms with Crippen molar-refractivity contribution in [2.45, 2.75) is 52.5 Å². The molecule has 0 heterocycles. The topological polar surface area (TPSA) is 3.24 Å². The van der Waals surface area contributed by atoms with Gasteiger partial charge < -0.3 is 4.90 Å². The first kappa shape index (κ1) is 15.2. The quantitative estimate of drug-likeness (QED) is 0.570. The summed E-state index contributed by atoms with van der Waals surface area (Å²) in [6.45, 7) is 6.92. The maximum atomic E-state index is 2.43. The molecule has 1 aromatic rings. The standard InChI is InChI=1S/C17H29N/c1-16(2)11-7-4-5-10-14-18(3)15-17-12-8-6-9-13-17/h6,8-9,12-13,16H,4-5,7,10-11,14-15H2,1-3H3. The molecule has 18 heavy (non-hydrogen) atoms. The average molecular weight is 247 g/mol. The Kier molecular flexibility index (Phi) is 7.75.